The number of aliphatic imine (C=N–C) groups is 1. The first-order chi connectivity index (χ1) is 14.5. The number of thioether (sulfide) groups is 1. The molecule has 8 heteroatoms. The highest BCUT2D eigenvalue weighted by molar-refractivity contribution is 8.16. The zero-order valence-electron chi connectivity index (χ0n) is 17.1. The number of fused-ring (bicyclic) bond motifs is 1. The van der Waals surface area contributed by atoms with Crippen molar-refractivity contribution < 1.29 is 18.7 Å². The van der Waals surface area contributed by atoms with Crippen LogP contribution in [0.15, 0.2) is 51.6 Å². The molecule has 0 radical (unpaired) electrons. The smallest absolute Gasteiger partial charge is 0.338 e. The van der Waals surface area contributed by atoms with Gasteiger partial charge in [-0.2, -0.15) is 0 Å². The van der Waals surface area contributed by atoms with E-state index in [0.29, 0.717) is 28.4 Å². The summed E-state index contributed by atoms with van der Waals surface area (Å²) in [6, 6.07) is 5.68. The van der Waals surface area contributed by atoms with E-state index in [1.54, 1.807) is 18.2 Å². The fraction of sp³-hybridized carbons (Fsp3) is 0.409. The number of hydrogen-bond donors (Lipinski definition) is 0. The topological polar surface area (TPSA) is 62.2 Å². The molecule has 30 heavy (non-hydrogen) atoms. The van der Waals surface area contributed by atoms with E-state index >= 15 is 0 Å². The summed E-state index contributed by atoms with van der Waals surface area (Å²) < 4.78 is 19.9. The molecule has 0 saturated carbocycles. The fourth-order valence-electron chi connectivity index (χ4n) is 4.14. The lowest BCUT2D eigenvalue weighted by Gasteiger charge is -2.36. The lowest BCUT2D eigenvalue weighted by molar-refractivity contribution is -0.136. The molecule has 1 amide bonds. The first-order valence-electron chi connectivity index (χ1n) is 10.1. The van der Waals surface area contributed by atoms with Crippen molar-refractivity contribution in [1.29, 1.82) is 0 Å². The van der Waals surface area contributed by atoms with Gasteiger partial charge in [0.15, 0.2) is 5.17 Å². The number of likely N-dealkylation sites (tertiary alicyclic amines) is 1. The third kappa shape index (κ3) is 3.64. The van der Waals surface area contributed by atoms with Crippen LogP contribution in [0, 0.1) is 5.82 Å². The van der Waals surface area contributed by atoms with E-state index in [9.17, 15) is 14.0 Å². The number of nitrogens with zero attached hydrogens (tertiary/aromatic N) is 3. The largest absolute Gasteiger partial charge is 0.466 e. The molecule has 1 saturated heterocycles. The molecule has 0 aromatic heterocycles. The van der Waals surface area contributed by atoms with Gasteiger partial charge in [-0.15, -0.1) is 0 Å². The molecule has 1 aromatic carbocycles. The van der Waals surface area contributed by atoms with Gasteiger partial charge in [0, 0.05) is 24.4 Å². The van der Waals surface area contributed by atoms with E-state index in [1.165, 1.54) is 24.9 Å². The second-order valence-corrected chi connectivity index (χ2v) is 8.22. The standard InChI is InChI=1S/C22H24FN3O3S/c1-3-17-19(21(28)29-2)20(15-8-4-5-9-16(15)23)26-14(13-30-22(26)24-17)12-18(27)25-10-6-7-11-25/h4-5,8-9,13,20H,3,6-7,10-12H2,1-2H3/t20-/m1/s1. The van der Waals surface area contributed by atoms with Crippen LogP contribution in [0.1, 0.15) is 44.2 Å². The molecular formula is C22H24FN3O3S. The average molecular weight is 430 g/mol. The molecule has 3 aliphatic heterocycles. The summed E-state index contributed by atoms with van der Waals surface area (Å²) in [5.41, 5.74) is 1.98. The van der Waals surface area contributed by atoms with Crippen LogP contribution in [0.4, 0.5) is 4.39 Å². The molecule has 0 spiro atoms. The van der Waals surface area contributed by atoms with Crippen molar-refractivity contribution in [3.05, 3.63) is 58.0 Å². The van der Waals surface area contributed by atoms with Gasteiger partial charge in [0.25, 0.3) is 0 Å². The Morgan fingerprint density at radius 1 is 1.27 bits per heavy atom. The van der Waals surface area contributed by atoms with Crippen molar-refractivity contribution in [2.24, 2.45) is 4.99 Å². The molecule has 0 aliphatic carbocycles. The number of benzene rings is 1. The van der Waals surface area contributed by atoms with Gasteiger partial charge in [-0.05, 0) is 30.7 Å². The first-order valence-corrected chi connectivity index (χ1v) is 11.0. The Balaban J connectivity index is 1.76. The summed E-state index contributed by atoms with van der Waals surface area (Å²) in [5.74, 6) is -0.912. The SMILES string of the molecule is CCC1=C(C(=O)OC)[C@@H](c2ccccc2F)N2C(CC(=O)N3CCCC3)=CSC2=N1. The minimum Gasteiger partial charge on any atom is -0.466 e. The number of rotatable bonds is 5. The van der Waals surface area contributed by atoms with Gasteiger partial charge in [-0.3, -0.25) is 4.79 Å². The quantitative estimate of drug-likeness (QED) is 0.663. The maximum Gasteiger partial charge on any atom is 0.338 e. The van der Waals surface area contributed by atoms with Crippen LogP contribution in [-0.2, 0) is 14.3 Å². The van der Waals surface area contributed by atoms with Crippen molar-refractivity contribution in [2.75, 3.05) is 20.2 Å². The average Bonchev–Trinajstić information content (AvgIpc) is 3.43. The molecule has 0 N–H and O–H groups in total. The number of carbonyl (C=O) groups is 2. The predicted octanol–water partition coefficient (Wildman–Crippen LogP) is 3.98. The third-order valence-corrected chi connectivity index (χ3v) is 6.51. The summed E-state index contributed by atoms with van der Waals surface area (Å²) >= 11 is 1.40. The Labute approximate surface area is 179 Å². The van der Waals surface area contributed by atoms with E-state index < -0.39 is 17.8 Å². The third-order valence-electron chi connectivity index (χ3n) is 5.62. The summed E-state index contributed by atoms with van der Waals surface area (Å²) in [4.78, 5) is 33.9. The number of carbonyl (C=O) groups excluding carboxylic acids is 2. The lowest BCUT2D eigenvalue weighted by atomic mass is 9.92. The second-order valence-electron chi connectivity index (χ2n) is 7.39. The first kappa shape index (κ1) is 20.7. The Kier molecular flexibility index (Phi) is 5.94. The van der Waals surface area contributed by atoms with Crippen molar-refractivity contribution in [2.45, 2.75) is 38.6 Å². The highest BCUT2D eigenvalue weighted by Gasteiger charge is 2.42. The molecular weight excluding hydrogens is 405 g/mol. The summed E-state index contributed by atoms with van der Waals surface area (Å²) in [7, 11) is 1.31. The van der Waals surface area contributed by atoms with Crippen LogP contribution < -0.4 is 0 Å². The van der Waals surface area contributed by atoms with Crippen LogP contribution in [0.5, 0.6) is 0 Å². The van der Waals surface area contributed by atoms with Gasteiger partial charge in [-0.25, -0.2) is 14.2 Å². The van der Waals surface area contributed by atoms with Crippen LogP contribution in [0.2, 0.25) is 0 Å². The summed E-state index contributed by atoms with van der Waals surface area (Å²) in [6.07, 6.45) is 2.73. The molecule has 3 heterocycles. The summed E-state index contributed by atoms with van der Waals surface area (Å²) in [5, 5.41) is 2.53. The molecule has 1 atom stereocenters. The number of amides is 1. The van der Waals surface area contributed by atoms with E-state index in [1.807, 2.05) is 22.1 Å². The number of methoxy groups -OCH3 is 1. The van der Waals surface area contributed by atoms with Gasteiger partial charge in [0.2, 0.25) is 5.91 Å². The number of halogens is 1. The van der Waals surface area contributed by atoms with E-state index in [0.717, 1.165) is 31.6 Å². The highest BCUT2D eigenvalue weighted by Crippen LogP contribution is 2.46. The second kappa shape index (κ2) is 8.63. The number of esters is 1. The van der Waals surface area contributed by atoms with Crippen molar-refractivity contribution in [1.82, 2.24) is 9.80 Å². The fourth-order valence-corrected chi connectivity index (χ4v) is 5.07. The Bertz CT molecular complexity index is 966. The Hall–Kier alpha value is -2.61. The Morgan fingerprint density at radius 3 is 2.67 bits per heavy atom. The number of allylic oxidation sites excluding steroid dienone is 1. The molecule has 0 unspecified atom stereocenters. The van der Waals surface area contributed by atoms with Gasteiger partial charge in [-0.1, -0.05) is 36.9 Å². The number of amidine groups is 1. The van der Waals surface area contributed by atoms with Crippen molar-refractivity contribution >= 4 is 28.8 Å². The van der Waals surface area contributed by atoms with Crippen LogP contribution in [0.3, 0.4) is 0 Å². The van der Waals surface area contributed by atoms with Crippen LogP contribution in [0.25, 0.3) is 0 Å². The maximum absolute atomic E-state index is 14.9. The van der Waals surface area contributed by atoms with Crippen LogP contribution in [-0.4, -0.2) is 47.0 Å². The van der Waals surface area contributed by atoms with Crippen LogP contribution >= 0.6 is 11.8 Å². The monoisotopic (exact) mass is 429 g/mol. The zero-order chi connectivity index (χ0) is 21.3. The van der Waals surface area contributed by atoms with Crippen molar-refractivity contribution in [3.8, 4) is 0 Å². The molecule has 1 fully saturated rings. The van der Waals surface area contributed by atoms with Crippen molar-refractivity contribution in [3.63, 3.8) is 0 Å². The Morgan fingerprint density at radius 2 is 2.00 bits per heavy atom. The molecule has 158 valence electrons. The normalized spacial score (nSPS) is 20.8. The van der Waals surface area contributed by atoms with Gasteiger partial charge < -0.3 is 14.5 Å². The maximum atomic E-state index is 14.9. The lowest BCUT2D eigenvalue weighted by Crippen LogP contribution is -2.38. The number of ether oxygens (including phenoxy) is 1. The minimum absolute atomic E-state index is 0.0396. The molecule has 3 aliphatic rings. The minimum atomic E-state index is -0.728. The van der Waals surface area contributed by atoms with Gasteiger partial charge >= 0.3 is 5.97 Å². The van der Waals surface area contributed by atoms with E-state index in [4.69, 9.17) is 4.74 Å². The predicted molar refractivity (Wildman–Crippen MR) is 114 cm³/mol. The highest BCUT2D eigenvalue weighted by atomic mass is 32.2. The molecule has 4 rings (SSSR count). The van der Waals surface area contributed by atoms with Gasteiger partial charge in [0.1, 0.15) is 5.82 Å². The van der Waals surface area contributed by atoms with E-state index in [-0.39, 0.29) is 12.3 Å². The number of hydrogen-bond acceptors (Lipinski definition) is 6. The zero-order valence-corrected chi connectivity index (χ0v) is 17.9. The molecule has 0 bridgehead atoms. The summed E-state index contributed by atoms with van der Waals surface area (Å²) in [6.45, 7) is 3.44. The molecule has 1 aromatic rings. The molecule has 6 nitrogen and oxygen atoms in total. The van der Waals surface area contributed by atoms with E-state index in [2.05, 4.69) is 4.99 Å². The van der Waals surface area contributed by atoms with Gasteiger partial charge in [0.05, 0.1) is 30.8 Å².